The molecule has 0 saturated carbocycles. The van der Waals surface area contributed by atoms with Gasteiger partial charge in [-0.3, -0.25) is 14.9 Å². The number of ether oxygens (including phenoxy) is 1. The van der Waals surface area contributed by atoms with Crippen molar-refractivity contribution in [2.45, 2.75) is 25.2 Å². The summed E-state index contributed by atoms with van der Waals surface area (Å²) in [6, 6.07) is 7.24. The summed E-state index contributed by atoms with van der Waals surface area (Å²) >= 11 is 1.31. The Morgan fingerprint density at radius 2 is 2.14 bits per heavy atom. The van der Waals surface area contributed by atoms with Crippen LogP contribution in [0.3, 0.4) is 0 Å². The monoisotopic (exact) mass is 408 g/mol. The largest absolute Gasteiger partial charge is 0.445 e. The van der Waals surface area contributed by atoms with Crippen molar-refractivity contribution in [3.8, 4) is 6.07 Å². The molecule has 1 heterocycles. The third-order valence-corrected chi connectivity index (χ3v) is 5.13. The molecule has 2 atom stereocenters. The van der Waals surface area contributed by atoms with Crippen molar-refractivity contribution in [1.29, 1.82) is 5.26 Å². The topological polar surface area (TPSA) is 146 Å². The van der Waals surface area contributed by atoms with Gasteiger partial charge in [0.05, 0.1) is 29.4 Å². The Kier molecular flexibility index (Phi) is 8.03. The van der Waals surface area contributed by atoms with Gasteiger partial charge in [-0.15, -0.1) is 11.8 Å². The predicted octanol–water partition coefficient (Wildman–Crippen LogP) is 1.04. The summed E-state index contributed by atoms with van der Waals surface area (Å²) in [6.45, 7) is 0.0490. The van der Waals surface area contributed by atoms with Crippen molar-refractivity contribution in [1.82, 2.24) is 10.2 Å². The van der Waals surface area contributed by atoms with Crippen LogP contribution in [0.25, 0.3) is 0 Å². The molecular weight excluding hydrogens is 388 g/mol. The second-order valence-corrected chi connectivity index (χ2v) is 7.15. The van der Waals surface area contributed by atoms with Crippen LogP contribution in [0.4, 0.5) is 10.5 Å². The van der Waals surface area contributed by atoms with E-state index < -0.39 is 17.1 Å². The lowest BCUT2D eigenvalue weighted by Gasteiger charge is -2.23. The van der Waals surface area contributed by atoms with Gasteiger partial charge in [-0.05, 0) is 24.1 Å². The lowest BCUT2D eigenvalue weighted by molar-refractivity contribution is -0.384. The molecule has 10 nitrogen and oxygen atoms in total. The Bertz CT molecular complexity index is 751. The van der Waals surface area contributed by atoms with Gasteiger partial charge in [0.15, 0.2) is 0 Å². The Morgan fingerprint density at radius 1 is 1.43 bits per heavy atom. The molecule has 2 rings (SSSR count). The van der Waals surface area contributed by atoms with E-state index in [1.54, 1.807) is 0 Å². The molecule has 2 N–H and O–H groups in total. The highest BCUT2D eigenvalue weighted by molar-refractivity contribution is 8.00. The maximum Gasteiger partial charge on any atom is 0.410 e. The number of non-ortho nitro benzene ring substituents is 1. The Balaban J connectivity index is 1.82. The summed E-state index contributed by atoms with van der Waals surface area (Å²) in [5.41, 5.74) is 0.562. The van der Waals surface area contributed by atoms with Crippen LogP contribution >= 0.6 is 11.8 Å². The lowest BCUT2D eigenvalue weighted by atomic mass is 10.2. The van der Waals surface area contributed by atoms with E-state index in [2.05, 4.69) is 5.32 Å². The number of β-amino-alcohol motifs (C(OH)–C–C–N with tert-alkyl or cyclic N) is 1. The molecule has 0 spiro atoms. The van der Waals surface area contributed by atoms with E-state index in [9.17, 15) is 24.8 Å². The second-order valence-electron chi connectivity index (χ2n) is 6.12. The average Bonchev–Trinajstić information content (AvgIpc) is 3.05. The summed E-state index contributed by atoms with van der Waals surface area (Å²) < 4.78 is 5.25. The van der Waals surface area contributed by atoms with Crippen molar-refractivity contribution in [3.05, 3.63) is 39.9 Å². The molecule has 1 aliphatic rings. The summed E-state index contributed by atoms with van der Waals surface area (Å²) in [5.74, 6) is 0.335. The zero-order chi connectivity index (χ0) is 20.5. The van der Waals surface area contributed by atoms with E-state index in [-0.39, 0.29) is 43.1 Å². The van der Waals surface area contributed by atoms with Crippen molar-refractivity contribution in [2.75, 3.05) is 24.6 Å². The number of benzene rings is 1. The number of nitriles is 1. The molecular formula is C17H20N4O6S. The van der Waals surface area contributed by atoms with Gasteiger partial charge < -0.3 is 20.1 Å². The minimum atomic E-state index is -0.662. The number of thioether (sulfide) groups is 1. The Hall–Kier alpha value is -2.84. The fourth-order valence-electron chi connectivity index (χ4n) is 2.69. The van der Waals surface area contributed by atoms with Crippen LogP contribution in [-0.2, 0) is 16.1 Å². The number of nitrogens with one attached hydrogen (secondary N) is 1. The van der Waals surface area contributed by atoms with Crippen LogP contribution < -0.4 is 5.32 Å². The van der Waals surface area contributed by atoms with E-state index in [4.69, 9.17) is 10.00 Å². The molecule has 0 aliphatic carbocycles. The van der Waals surface area contributed by atoms with Gasteiger partial charge in [-0.25, -0.2) is 4.79 Å². The van der Waals surface area contributed by atoms with Crippen LogP contribution in [0.2, 0.25) is 0 Å². The highest BCUT2D eigenvalue weighted by Gasteiger charge is 2.35. The van der Waals surface area contributed by atoms with Gasteiger partial charge in [0.1, 0.15) is 13.2 Å². The predicted molar refractivity (Wildman–Crippen MR) is 100 cm³/mol. The molecule has 1 aromatic carbocycles. The standard InChI is InChI=1S/C17H20N4O6S/c18-5-6-19-16(23)11-28-10-14-7-15(22)8-20(14)17(24)27-9-12-1-3-13(4-2-12)21(25)26/h1-4,14-15,22H,6-11H2,(H,19,23). The molecule has 1 aliphatic heterocycles. The maximum atomic E-state index is 12.3. The summed E-state index contributed by atoms with van der Waals surface area (Å²) in [5, 5.41) is 31.4. The van der Waals surface area contributed by atoms with Crippen LogP contribution in [0.1, 0.15) is 12.0 Å². The number of nitro groups is 1. The number of hydrogen-bond acceptors (Lipinski definition) is 8. The first-order valence-electron chi connectivity index (χ1n) is 8.47. The average molecular weight is 408 g/mol. The molecule has 2 unspecified atom stereocenters. The van der Waals surface area contributed by atoms with Gasteiger partial charge in [0.2, 0.25) is 5.91 Å². The van der Waals surface area contributed by atoms with E-state index in [0.29, 0.717) is 17.7 Å². The number of carbonyl (C=O) groups is 2. The SMILES string of the molecule is N#CCNC(=O)CSCC1CC(O)CN1C(=O)OCc1ccc([N+](=O)[O-])cc1. The number of aliphatic hydroxyl groups is 1. The maximum absolute atomic E-state index is 12.3. The first-order chi connectivity index (χ1) is 13.4. The molecule has 28 heavy (non-hydrogen) atoms. The number of likely N-dealkylation sites (tertiary alicyclic amines) is 1. The molecule has 0 aromatic heterocycles. The van der Waals surface area contributed by atoms with Crippen LogP contribution in [0, 0.1) is 21.4 Å². The highest BCUT2D eigenvalue weighted by Crippen LogP contribution is 2.23. The number of hydrogen-bond donors (Lipinski definition) is 2. The van der Waals surface area contributed by atoms with E-state index in [1.807, 2.05) is 6.07 Å². The van der Waals surface area contributed by atoms with Gasteiger partial charge in [0.25, 0.3) is 5.69 Å². The molecule has 1 fully saturated rings. The number of amides is 2. The molecule has 0 bridgehead atoms. The number of carbonyl (C=O) groups excluding carboxylic acids is 2. The molecule has 1 saturated heterocycles. The summed E-state index contributed by atoms with van der Waals surface area (Å²) in [6.07, 6.45) is -0.862. The summed E-state index contributed by atoms with van der Waals surface area (Å²) in [4.78, 5) is 35.4. The fourth-order valence-corrected chi connectivity index (χ4v) is 3.69. The Morgan fingerprint density at radius 3 is 2.79 bits per heavy atom. The lowest BCUT2D eigenvalue weighted by Crippen LogP contribution is -2.38. The Labute approximate surface area is 165 Å². The van der Waals surface area contributed by atoms with Crippen molar-refractivity contribution in [3.63, 3.8) is 0 Å². The zero-order valence-corrected chi connectivity index (χ0v) is 15.8. The highest BCUT2D eigenvalue weighted by atomic mass is 32.2. The smallest absolute Gasteiger partial charge is 0.410 e. The minimum absolute atomic E-state index is 0.0418. The van der Waals surface area contributed by atoms with Crippen molar-refractivity contribution in [2.24, 2.45) is 0 Å². The third kappa shape index (κ3) is 6.40. The first-order valence-corrected chi connectivity index (χ1v) is 9.62. The van der Waals surface area contributed by atoms with Crippen LogP contribution in [-0.4, -0.2) is 63.7 Å². The molecule has 2 amide bonds. The van der Waals surface area contributed by atoms with E-state index in [1.165, 1.54) is 40.9 Å². The van der Waals surface area contributed by atoms with Gasteiger partial charge in [0, 0.05) is 23.9 Å². The third-order valence-electron chi connectivity index (χ3n) is 4.04. The normalized spacial score (nSPS) is 18.4. The molecule has 1 aromatic rings. The second kappa shape index (κ2) is 10.5. The molecule has 0 radical (unpaired) electrons. The van der Waals surface area contributed by atoms with Crippen molar-refractivity contribution >= 4 is 29.4 Å². The number of nitrogens with zero attached hydrogens (tertiary/aromatic N) is 3. The minimum Gasteiger partial charge on any atom is -0.445 e. The quantitative estimate of drug-likeness (QED) is 0.368. The van der Waals surface area contributed by atoms with E-state index >= 15 is 0 Å². The van der Waals surface area contributed by atoms with E-state index in [0.717, 1.165) is 0 Å². The summed E-state index contributed by atoms with van der Waals surface area (Å²) in [7, 11) is 0. The fraction of sp³-hybridized carbons (Fsp3) is 0.471. The molecule has 150 valence electrons. The van der Waals surface area contributed by atoms with Crippen LogP contribution in [0.15, 0.2) is 24.3 Å². The van der Waals surface area contributed by atoms with Crippen molar-refractivity contribution < 1.29 is 24.4 Å². The van der Waals surface area contributed by atoms with Gasteiger partial charge >= 0.3 is 6.09 Å². The number of nitro benzene ring substituents is 1. The number of rotatable bonds is 8. The number of aliphatic hydroxyl groups excluding tert-OH is 1. The first kappa shape index (κ1) is 21.5. The van der Waals surface area contributed by atoms with Gasteiger partial charge in [-0.2, -0.15) is 5.26 Å². The van der Waals surface area contributed by atoms with Crippen LogP contribution in [0.5, 0.6) is 0 Å². The zero-order valence-electron chi connectivity index (χ0n) is 14.9. The molecule has 11 heteroatoms. The van der Waals surface area contributed by atoms with Gasteiger partial charge in [-0.1, -0.05) is 0 Å².